The van der Waals surface area contributed by atoms with Crippen molar-refractivity contribution in [2.24, 2.45) is 5.41 Å². The van der Waals surface area contributed by atoms with Crippen LogP contribution in [0.4, 0.5) is 0 Å². The summed E-state index contributed by atoms with van der Waals surface area (Å²) in [5.41, 5.74) is 0.322. The van der Waals surface area contributed by atoms with Gasteiger partial charge in [0.25, 0.3) is 0 Å². The van der Waals surface area contributed by atoms with Crippen molar-refractivity contribution < 1.29 is 0 Å². The summed E-state index contributed by atoms with van der Waals surface area (Å²) in [6.07, 6.45) is 1.02. The van der Waals surface area contributed by atoms with E-state index in [1.165, 1.54) is 0 Å². The Morgan fingerprint density at radius 1 is 1.36 bits per heavy atom. The van der Waals surface area contributed by atoms with Crippen molar-refractivity contribution in [3.8, 4) is 0 Å². The predicted molar refractivity (Wildman–Crippen MR) is 55.8 cm³/mol. The summed E-state index contributed by atoms with van der Waals surface area (Å²) in [7, 11) is 0. The maximum Gasteiger partial charge on any atom is 0.178 e. The molecule has 0 N–H and O–H groups in total. The third-order valence-corrected chi connectivity index (χ3v) is 2.71. The molecule has 0 spiro atoms. The Morgan fingerprint density at radius 3 is 2.36 bits per heavy atom. The van der Waals surface area contributed by atoms with Gasteiger partial charge < -0.3 is 0 Å². The van der Waals surface area contributed by atoms with E-state index in [0.29, 0.717) is 5.41 Å². The molecule has 1 heterocycles. The molecule has 0 aromatic carbocycles. The first-order valence-corrected chi connectivity index (χ1v) is 5.35. The van der Waals surface area contributed by atoms with Gasteiger partial charge in [-0.25, -0.2) is 0 Å². The fraction of sp³-hybridized carbons (Fsp3) is 0.714. The van der Waals surface area contributed by atoms with Crippen LogP contribution >= 0.6 is 33.9 Å². The number of hydrogen-bond acceptors (Lipinski definition) is 3. The molecular weight excluding hydrogens is 271 g/mol. The molecule has 0 fully saturated rings. The highest BCUT2D eigenvalue weighted by atomic mass is 127. The van der Waals surface area contributed by atoms with Gasteiger partial charge in [0.2, 0.25) is 0 Å². The molecule has 1 rings (SSSR count). The van der Waals surface area contributed by atoms with Crippen LogP contribution < -0.4 is 0 Å². The van der Waals surface area contributed by atoms with Gasteiger partial charge in [0, 0.05) is 6.42 Å². The molecule has 0 aliphatic heterocycles. The van der Waals surface area contributed by atoms with Crippen LogP contribution in [-0.2, 0) is 6.42 Å². The minimum absolute atomic E-state index is 0.322. The van der Waals surface area contributed by atoms with E-state index in [0.717, 1.165) is 14.4 Å². The maximum absolute atomic E-state index is 4.06. The SMILES string of the molecule is CC(C)(C)Cc1nnc(I)s1. The Hall–Kier alpha value is 0.290. The Bertz CT molecular complexity index is 239. The number of hydrogen-bond donors (Lipinski definition) is 0. The molecule has 4 heteroatoms. The Kier molecular flexibility index (Phi) is 2.85. The average Bonchev–Trinajstić information content (AvgIpc) is 2.10. The van der Waals surface area contributed by atoms with Crippen LogP contribution in [0.1, 0.15) is 25.8 Å². The quantitative estimate of drug-likeness (QED) is 0.740. The number of halogens is 1. The monoisotopic (exact) mass is 282 g/mol. The van der Waals surface area contributed by atoms with E-state index >= 15 is 0 Å². The summed E-state index contributed by atoms with van der Waals surface area (Å²) in [6.45, 7) is 6.63. The van der Waals surface area contributed by atoms with Gasteiger partial charge >= 0.3 is 0 Å². The lowest BCUT2D eigenvalue weighted by atomic mass is 9.93. The van der Waals surface area contributed by atoms with Crippen LogP contribution in [0.2, 0.25) is 0 Å². The Labute approximate surface area is 84.6 Å². The van der Waals surface area contributed by atoms with Crippen molar-refractivity contribution in [2.75, 3.05) is 0 Å². The summed E-state index contributed by atoms with van der Waals surface area (Å²) >= 11 is 3.88. The van der Waals surface area contributed by atoms with Crippen LogP contribution in [0.5, 0.6) is 0 Å². The first kappa shape index (κ1) is 9.38. The number of nitrogens with zero attached hydrogens (tertiary/aromatic N) is 2. The molecule has 0 atom stereocenters. The van der Waals surface area contributed by atoms with E-state index in [1.54, 1.807) is 11.3 Å². The van der Waals surface area contributed by atoms with Crippen molar-refractivity contribution in [1.29, 1.82) is 0 Å². The molecule has 0 radical (unpaired) electrons. The molecule has 0 saturated heterocycles. The summed E-state index contributed by atoms with van der Waals surface area (Å²) in [5.74, 6) is 0. The highest BCUT2D eigenvalue weighted by Crippen LogP contribution is 2.22. The minimum atomic E-state index is 0.322. The fourth-order valence-electron chi connectivity index (χ4n) is 0.758. The Balaban J connectivity index is 2.65. The largest absolute Gasteiger partial charge is 0.178 e. The van der Waals surface area contributed by atoms with E-state index in [2.05, 4.69) is 53.6 Å². The zero-order valence-corrected chi connectivity index (χ0v) is 9.86. The average molecular weight is 282 g/mol. The van der Waals surface area contributed by atoms with Gasteiger partial charge in [0.05, 0.1) is 0 Å². The van der Waals surface area contributed by atoms with Gasteiger partial charge in [0.1, 0.15) is 5.01 Å². The second-order valence-electron chi connectivity index (χ2n) is 3.69. The van der Waals surface area contributed by atoms with Gasteiger partial charge in [0.15, 0.2) is 3.01 Å². The third kappa shape index (κ3) is 3.46. The molecule has 0 aliphatic rings. The van der Waals surface area contributed by atoms with Crippen molar-refractivity contribution >= 4 is 33.9 Å². The second kappa shape index (κ2) is 3.35. The molecule has 0 aliphatic carbocycles. The van der Waals surface area contributed by atoms with E-state index in [1.807, 2.05) is 0 Å². The van der Waals surface area contributed by atoms with Gasteiger partial charge in [-0.2, -0.15) is 0 Å². The summed E-state index contributed by atoms with van der Waals surface area (Å²) in [4.78, 5) is 0. The van der Waals surface area contributed by atoms with Crippen molar-refractivity contribution in [1.82, 2.24) is 10.2 Å². The lowest BCUT2D eigenvalue weighted by Crippen LogP contribution is -2.08. The Morgan fingerprint density at radius 2 is 2.00 bits per heavy atom. The van der Waals surface area contributed by atoms with E-state index < -0.39 is 0 Å². The highest BCUT2D eigenvalue weighted by Gasteiger charge is 2.14. The van der Waals surface area contributed by atoms with Crippen LogP contribution in [0, 0.1) is 8.43 Å². The highest BCUT2D eigenvalue weighted by molar-refractivity contribution is 14.1. The minimum Gasteiger partial charge on any atom is -0.143 e. The fourth-order valence-corrected chi connectivity index (χ4v) is 2.49. The van der Waals surface area contributed by atoms with Gasteiger partial charge in [-0.05, 0) is 28.0 Å². The first-order valence-electron chi connectivity index (χ1n) is 3.45. The van der Waals surface area contributed by atoms with Crippen molar-refractivity contribution in [3.05, 3.63) is 8.02 Å². The van der Waals surface area contributed by atoms with Crippen molar-refractivity contribution in [3.63, 3.8) is 0 Å². The third-order valence-electron chi connectivity index (χ3n) is 1.12. The molecule has 0 unspecified atom stereocenters. The lowest BCUT2D eigenvalue weighted by molar-refractivity contribution is 0.409. The zero-order chi connectivity index (χ0) is 8.48. The zero-order valence-electron chi connectivity index (χ0n) is 6.89. The molecule has 0 bridgehead atoms. The van der Waals surface area contributed by atoms with E-state index in [4.69, 9.17) is 0 Å². The van der Waals surface area contributed by atoms with Crippen molar-refractivity contribution in [2.45, 2.75) is 27.2 Å². The number of aromatic nitrogens is 2. The van der Waals surface area contributed by atoms with Crippen LogP contribution in [0.15, 0.2) is 0 Å². The molecule has 11 heavy (non-hydrogen) atoms. The normalized spacial score (nSPS) is 12.0. The van der Waals surface area contributed by atoms with Gasteiger partial charge in [-0.1, -0.05) is 32.1 Å². The lowest BCUT2D eigenvalue weighted by Gasteiger charge is -2.14. The van der Waals surface area contributed by atoms with Gasteiger partial charge in [-0.3, -0.25) is 0 Å². The van der Waals surface area contributed by atoms with Crippen LogP contribution in [0.3, 0.4) is 0 Å². The van der Waals surface area contributed by atoms with Crippen LogP contribution in [-0.4, -0.2) is 10.2 Å². The van der Waals surface area contributed by atoms with Gasteiger partial charge in [-0.15, -0.1) is 10.2 Å². The smallest absolute Gasteiger partial charge is 0.143 e. The summed E-state index contributed by atoms with van der Waals surface area (Å²) < 4.78 is 1.03. The molecule has 1 aromatic rings. The standard InChI is InChI=1S/C7H11IN2S/c1-7(2,3)4-5-9-10-6(8)11-5/h4H2,1-3H3. The maximum atomic E-state index is 4.06. The second-order valence-corrected chi connectivity index (χ2v) is 6.50. The molecule has 0 saturated carbocycles. The van der Waals surface area contributed by atoms with E-state index in [9.17, 15) is 0 Å². The van der Waals surface area contributed by atoms with E-state index in [-0.39, 0.29) is 0 Å². The molecule has 1 aromatic heterocycles. The van der Waals surface area contributed by atoms with Crippen LogP contribution in [0.25, 0.3) is 0 Å². The first-order chi connectivity index (χ1) is 4.97. The number of rotatable bonds is 1. The molecular formula is C7H11IN2S. The predicted octanol–water partition coefficient (Wildman–Crippen LogP) is 2.73. The molecule has 62 valence electrons. The molecule has 0 amide bonds. The topological polar surface area (TPSA) is 25.8 Å². The molecule has 2 nitrogen and oxygen atoms in total. The summed E-state index contributed by atoms with van der Waals surface area (Å²) in [5, 5.41) is 9.16. The summed E-state index contributed by atoms with van der Waals surface area (Å²) in [6, 6.07) is 0.